The van der Waals surface area contributed by atoms with Crippen molar-refractivity contribution in [1.82, 2.24) is 5.32 Å². The third-order valence-electron chi connectivity index (χ3n) is 15.9. The van der Waals surface area contributed by atoms with Gasteiger partial charge in [-0.2, -0.15) is 0 Å². The number of carbonyl (C=O) groups excluding carboxylic acids is 2. The Labute approximate surface area is 474 Å². The highest BCUT2D eigenvalue weighted by Crippen LogP contribution is 2.18. The van der Waals surface area contributed by atoms with Crippen molar-refractivity contribution >= 4 is 11.9 Å². The zero-order chi connectivity index (χ0) is 55.0. The second-order valence-corrected chi connectivity index (χ2v) is 23.5. The summed E-state index contributed by atoms with van der Waals surface area (Å²) in [7, 11) is 0. The second kappa shape index (κ2) is 65.6. The molecule has 3 N–H and O–H groups in total. The second-order valence-electron chi connectivity index (χ2n) is 23.5. The van der Waals surface area contributed by atoms with Crippen LogP contribution in [-0.2, 0) is 14.3 Å². The summed E-state index contributed by atoms with van der Waals surface area (Å²) in [4.78, 5) is 24.6. The van der Waals surface area contributed by atoms with Gasteiger partial charge in [-0.15, -0.1) is 0 Å². The molecule has 0 aromatic carbocycles. The number of unbranched alkanes of at least 4 members (excludes halogenated alkanes) is 49. The van der Waals surface area contributed by atoms with Gasteiger partial charge in [0.1, 0.15) is 0 Å². The number of nitrogens with one attached hydrogen (secondary N) is 1. The Balaban J connectivity index is 3.50. The van der Waals surface area contributed by atoms with Gasteiger partial charge in [0.15, 0.2) is 0 Å². The first-order chi connectivity index (χ1) is 37.5. The SMILES string of the molecule is CCCCCCCCCCCCCCCCCCCCCCCCC/C=C/C(O)C(CO)NC(=O)CCCCCCCCC/C=C\C/C=C\CCCCCOC(=O)CCCCCCCCCCCCCCCCCCC. The van der Waals surface area contributed by atoms with Gasteiger partial charge >= 0.3 is 5.97 Å². The maximum absolute atomic E-state index is 12.5. The van der Waals surface area contributed by atoms with Crippen LogP contribution in [-0.4, -0.2) is 47.4 Å². The summed E-state index contributed by atoms with van der Waals surface area (Å²) in [5.41, 5.74) is 0. The number of hydrogen-bond donors (Lipinski definition) is 3. The maximum Gasteiger partial charge on any atom is 0.305 e. The van der Waals surface area contributed by atoms with Gasteiger partial charge in [0.2, 0.25) is 5.91 Å². The van der Waals surface area contributed by atoms with E-state index in [2.05, 4.69) is 43.5 Å². The van der Waals surface area contributed by atoms with Crippen LogP contribution in [0, 0.1) is 0 Å². The predicted octanol–water partition coefficient (Wildman–Crippen LogP) is 21.9. The molecular formula is C70H133NO5. The standard InChI is InChI=1S/C70H133NO5/c1-3-5-7-9-11-13-15-17-19-21-22-23-24-25-26-27-28-31-34-38-42-46-50-54-58-62-68(73)67(66-72)71-69(74)63-59-55-51-47-43-39-35-32-29-33-37-41-45-49-53-57-61-65-76-70(75)64-60-56-52-48-44-40-36-30-20-18-16-14-12-10-8-6-4-2/h29,33,41,45,58,62,67-68,72-73H,3-28,30-32,34-40,42-44,46-57,59-61,63-66H2,1-2H3,(H,71,74)/b33-29-,45-41-,62-58+. The quantitative estimate of drug-likeness (QED) is 0.0320. The van der Waals surface area contributed by atoms with Crippen LogP contribution in [0.25, 0.3) is 0 Å². The monoisotopic (exact) mass is 1070 g/mol. The molecule has 0 rings (SSSR count). The van der Waals surface area contributed by atoms with Gasteiger partial charge < -0.3 is 20.3 Å². The summed E-state index contributed by atoms with van der Waals surface area (Å²) in [5.74, 6) is -0.0921. The number of esters is 1. The van der Waals surface area contributed by atoms with Crippen LogP contribution in [0.2, 0.25) is 0 Å². The molecule has 0 saturated heterocycles. The van der Waals surface area contributed by atoms with Crippen molar-refractivity contribution in [3.8, 4) is 0 Å². The molecule has 2 atom stereocenters. The Hall–Kier alpha value is -1.92. The summed E-state index contributed by atoms with van der Waals surface area (Å²) in [6.45, 7) is 4.90. The fraction of sp³-hybridized carbons (Fsp3) is 0.886. The van der Waals surface area contributed by atoms with E-state index in [1.807, 2.05) is 6.08 Å². The molecule has 0 bridgehead atoms. The molecule has 0 aliphatic carbocycles. The van der Waals surface area contributed by atoms with Gasteiger partial charge in [0.05, 0.1) is 25.4 Å². The molecule has 0 aromatic rings. The van der Waals surface area contributed by atoms with Gasteiger partial charge in [0, 0.05) is 12.8 Å². The van der Waals surface area contributed by atoms with E-state index in [0.29, 0.717) is 19.4 Å². The van der Waals surface area contributed by atoms with Crippen molar-refractivity contribution in [2.45, 2.75) is 386 Å². The lowest BCUT2D eigenvalue weighted by Gasteiger charge is -2.20. The van der Waals surface area contributed by atoms with Gasteiger partial charge in [-0.3, -0.25) is 9.59 Å². The molecule has 448 valence electrons. The number of amides is 1. The first-order valence-electron chi connectivity index (χ1n) is 34.3. The van der Waals surface area contributed by atoms with Gasteiger partial charge in [0.25, 0.3) is 0 Å². The molecule has 2 unspecified atom stereocenters. The number of allylic oxidation sites excluding steroid dienone is 5. The lowest BCUT2D eigenvalue weighted by Crippen LogP contribution is -2.45. The fourth-order valence-electron chi connectivity index (χ4n) is 10.7. The molecule has 0 aliphatic rings. The molecule has 0 aromatic heterocycles. The van der Waals surface area contributed by atoms with Crippen LogP contribution < -0.4 is 5.32 Å². The van der Waals surface area contributed by atoms with Crippen molar-refractivity contribution < 1.29 is 24.5 Å². The Morgan fingerprint density at radius 2 is 0.658 bits per heavy atom. The molecule has 0 aliphatic heterocycles. The smallest absolute Gasteiger partial charge is 0.305 e. The van der Waals surface area contributed by atoms with E-state index in [-0.39, 0.29) is 18.5 Å². The minimum absolute atomic E-state index is 0.0118. The number of carbonyl (C=O) groups is 2. The Kier molecular flexibility index (Phi) is 63.9. The average molecular weight is 1070 g/mol. The number of aliphatic hydroxyl groups is 2. The molecular weight excluding hydrogens is 935 g/mol. The van der Waals surface area contributed by atoms with Gasteiger partial charge in [-0.05, 0) is 70.6 Å². The lowest BCUT2D eigenvalue weighted by atomic mass is 10.0. The zero-order valence-corrected chi connectivity index (χ0v) is 51.3. The Bertz CT molecular complexity index is 1230. The molecule has 6 heteroatoms. The molecule has 0 radical (unpaired) electrons. The first-order valence-corrected chi connectivity index (χ1v) is 34.3. The molecule has 0 fully saturated rings. The normalized spacial score (nSPS) is 12.7. The van der Waals surface area contributed by atoms with Crippen molar-refractivity contribution in [2.24, 2.45) is 0 Å². The molecule has 6 nitrogen and oxygen atoms in total. The van der Waals surface area contributed by atoms with Crippen LogP contribution >= 0.6 is 0 Å². The number of ether oxygens (including phenoxy) is 1. The number of aliphatic hydroxyl groups excluding tert-OH is 2. The number of rotatable bonds is 64. The fourth-order valence-corrected chi connectivity index (χ4v) is 10.7. The maximum atomic E-state index is 12.5. The van der Waals surface area contributed by atoms with Crippen LogP contribution in [0.1, 0.15) is 373 Å². The summed E-state index contributed by atoms with van der Waals surface area (Å²) in [6.07, 6.45) is 83.5. The van der Waals surface area contributed by atoms with E-state index in [9.17, 15) is 19.8 Å². The zero-order valence-electron chi connectivity index (χ0n) is 51.3. The van der Waals surface area contributed by atoms with E-state index in [1.54, 1.807) is 6.08 Å². The highest BCUT2D eigenvalue weighted by molar-refractivity contribution is 5.76. The van der Waals surface area contributed by atoms with Crippen LogP contribution in [0.15, 0.2) is 36.5 Å². The third-order valence-corrected chi connectivity index (χ3v) is 15.9. The third kappa shape index (κ3) is 61.3. The van der Waals surface area contributed by atoms with Gasteiger partial charge in [-0.25, -0.2) is 0 Å². The van der Waals surface area contributed by atoms with E-state index < -0.39 is 12.1 Å². The number of hydrogen-bond acceptors (Lipinski definition) is 5. The highest BCUT2D eigenvalue weighted by atomic mass is 16.5. The van der Waals surface area contributed by atoms with E-state index >= 15 is 0 Å². The lowest BCUT2D eigenvalue weighted by molar-refractivity contribution is -0.143. The minimum atomic E-state index is -0.857. The molecule has 76 heavy (non-hydrogen) atoms. The largest absolute Gasteiger partial charge is 0.466 e. The molecule has 1 amide bonds. The molecule has 0 saturated carbocycles. The highest BCUT2D eigenvalue weighted by Gasteiger charge is 2.18. The summed E-state index contributed by atoms with van der Waals surface area (Å²) in [5, 5.41) is 23.2. The van der Waals surface area contributed by atoms with Gasteiger partial charge in [-0.1, -0.05) is 326 Å². The van der Waals surface area contributed by atoms with Crippen molar-refractivity contribution in [1.29, 1.82) is 0 Å². The van der Waals surface area contributed by atoms with Crippen LogP contribution in [0.5, 0.6) is 0 Å². The van der Waals surface area contributed by atoms with Crippen LogP contribution in [0.3, 0.4) is 0 Å². The van der Waals surface area contributed by atoms with Crippen molar-refractivity contribution in [2.75, 3.05) is 13.2 Å². The Morgan fingerprint density at radius 3 is 1.00 bits per heavy atom. The average Bonchev–Trinajstić information content (AvgIpc) is 3.42. The Morgan fingerprint density at radius 1 is 0.368 bits per heavy atom. The van der Waals surface area contributed by atoms with E-state index in [1.165, 1.54) is 263 Å². The molecule has 0 heterocycles. The van der Waals surface area contributed by atoms with E-state index in [4.69, 9.17) is 4.74 Å². The topological polar surface area (TPSA) is 95.9 Å². The summed E-state index contributed by atoms with van der Waals surface area (Å²) < 4.78 is 5.47. The minimum Gasteiger partial charge on any atom is -0.466 e. The molecule has 0 spiro atoms. The first kappa shape index (κ1) is 74.1. The summed E-state index contributed by atoms with van der Waals surface area (Å²) in [6, 6.07) is -0.642. The summed E-state index contributed by atoms with van der Waals surface area (Å²) >= 11 is 0. The van der Waals surface area contributed by atoms with Crippen molar-refractivity contribution in [3.05, 3.63) is 36.5 Å². The van der Waals surface area contributed by atoms with Crippen molar-refractivity contribution in [3.63, 3.8) is 0 Å². The van der Waals surface area contributed by atoms with E-state index in [0.717, 1.165) is 83.5 Å². The van der Waals surface area contributed by atoms with Crippen LogP contribution in [0.4, 0.5) is 0 Å². The predicted molar refractivity (Wildman–Crippen MR) is 333 cm³/mol.